The Kier molecular flexibility index (Phi) is 4.52. The minimum Gasteiger partial charge on any atom is -0.478 e. The average Bonchev–Trinajstić information content (AvgIpc) is 2.44. The Morgan fingerprint density at radius 3 is 2.57 bits per heavy atom. The molecular formula is C16H19N3O2. The molecule has 2 aromatic rings. The summed E-state index contributed by atoms with van der Waals surface area (Å²) in [4.78, 5) is 22.1. The quantitative estimate of drug-likeness (QED) is 0.915. The molecule has 5 heteroatoms. The number of aromatic nitrogens is 2. The van der Waals surface area contributed by atoms with Gasteiger partial charge in [0.15, 0.2) is 0 Å². The van der Waals surface area contributed by atoms with Crippen LogP contribution in [0.1, 0.15) is 34.4 Å². The van der Waals surface area contributed by atoms with Crippen molar-refractivity contribution < 1.29 is 9.90 Å². The van der Waals surface area contributed by atoms with Crippen molar-refractivity contribution in [3.63, 3.8) is 0 Å². The van der Waals surface area contributed by atoms with Crippen molar-refractivity contribution in [1.82, 2.24) is 9.97 Å². The number of hydrogen-bond acceptors (Lipinski definition) is 4. The van der Waals surface area contributed by atoms with E-state index in [0.717, 1.165) is 17.9 Å². The number of rotatable bonds is 5. The molecule has 0 spiro atoms. The predicted octanol–water partition coefficient (Wildman–Crippen LogP) is 2.82. The summed E-state index contributed by atoms with van der Waals surface area (Å²) in [6, 6.07) is 9.06. The van der Waals surface area contributed by atoms with E-state index in [2.05, 4.69) is 9.97 Å². The second-order valence-electron chi connectivity index (χ2n) is 4.95. The number of nitrogens with zero attached hydrogens (tertiary/aromatic N) is 3. The molecule has 21 heavy (non-hydrogen) atoms. The summed E-state index contributed by atoms with van der Waals surface area (Å²) in [6.07, 6.45) is 0. The molecule has 0 atom stereocenters. The van der Waals surface area contributed by atoms with Gasteiger partial charge in [0.2, 0.25) is 0 Å². The van der Waals surface area contributed by atoms with E-state index < -0.39 is 5.97 Å². The van der Waals surface area contributed by atoms with Crippen LogP contribution in [0.4, 0.5) is 5.82 Å². The summed E-state index contributed by atoms with van der Waals surface area (Å²) in [5.74, 6) is -0.273. The average molecular weight is 285 g/mol. The molecule has 0 amide bonds. The molecule has 0 saturated heterocycles. The molecule has 5 nitrogen and oxygen atoms in total. The third-order valence-electron chi connectivity index (χ3n) is 3.19. The van der Waals surface area contributed by atoms with Crippen molar-refractivity contribution in [2.24, 2.45) is 0 Å². The van der Waals surface area contributed by atoms with E-state index in [1.807, 2.05) is 36.9 Å². The van der Waals surface area contributed by atoms with Gasteiger partial charge in [0.25, 0.3) is 0 Å². The number of pyridine rings is 2. The Hall–Kier alpha value is -2.43. The summed E-state index contributed by atoms with van der Waals surface area (Å²) >= 11 is 0. The molecule has 0 aromatic carbocycles. The molecule has 0 saturated carbocycles. The number of anilines is 1. The summed E-state index contributed by atoms with van der Waals surface area (Å²) in [5.41, 5.74) is 2.86. The van der Waals surface area contributed by atoms with E-state index in [1.165, 1.54) is 0 Å². The summed E-state index contributed by atoms with van der Waals surface area (Å²) in [6.45, 7) is 7.10. The molecule has 1 N–H and O–H groups in total. The first-order valence-electron chi connectivity index (χ1n) is 6.89. The van der Waals surface area contributed by atoms with Gasteiger partial charge in [-0.15, -0.1) is 0 Å². The molecule has 0 aliphatic rings. The minimum absolute atomic E-state index is 0.258. The van der Waals surface area contributed by atoms with Crippen molar-refractivity contribution in [3.05, 3.63) is 53.0 Å². The van der Waals surface area contributed by atoms with Crippen LogP contribution in [-0.4, -0.2) is 27.6 Å². The van der Waals surface area contributed by atoms with Crippen LogP contribution in [0.3, 0.4) is 0 Å². The third-order valence-corrected chi connectivity index (χ3v) is 3.19. The van der Waals surface area contributed by atoms with E-state index in [-0.39, 0.29) is 5.56 Å². The fraction of sp³-hybridized carbons (Fsp3) is 0.312. The first-order chi connectivity index (χ1) is 9.99. The first kappa shape index (κ1) is 15.0. The number of carbonyl (C=O) groups is 1. The van der Waals surface area contributed by atoms with E-state index in [1.54, 1.807) is 19.1 Å². The monoisotopic (exact) mass is 285 g/mol. The van der Waals surface area contributed by atoms with Crippen LogP contribution < -0.4 is 4.90 Å². The molecule has 0 radical (unpaired) electrons. The lowest BCUT2D eigenvalue weighted by Gasteiger charge is -2.22. The third kappa shape index (κ3) is 3.78. The Balaban J connectivity index is 2.31. The maximum atomic E-state index is 11.2. The highest BCUT2D eigenvalue weighted by Crippen LogP contribution is 2.17. The summed E-state index contributed by atoms with van der Waals surface area (Å²) in [5, 5.41) is 9.16. The molecule has 2 heterocycles. The van der Waals surface area contributed by atoms with Crippen LogP contribution in [0.5, 0.6) is 0 Å². The second-order valence-corrected chi connectivity index (χ2v) is 4.95. The maximum absolute atomic E-state index is 11.2. The van der Waals surface area contributed by atoms with Gasteiger partial charge in [-0.3, -0.25) is 4.98 Å². The van der Waals surface area contributed by atoms with E-state index in [9.17, 15) is 4.79 Å². The van der Waals surface area contributed by atoms with Crippen LogP contribution in [0.15, 0.2) is 30.3 Å². The zero-order valence-corrected chi connectivity index (χ0v) is 12.5. The molecule has 0 bridgehead atoms. The standard InChI is InChI=1S/C16H19N3O2/c1-4-19(10-14-7-5-6-11(2)17-14)15-9-13(16(20)21)8-12(3)18-15/h5-9H,4,10H2,1-3H3,(H,20,21). The van der Waals surface area contributed by atoms with Gasteiger partial charge in [-0.25, -0.2) is 9.78 Å². The molecule has 0 fully saturated rings. The van der Waals surface area contributed by atoms with Crippen molar-refractivity contribution in [2.45, 2.75) is 27.3 Å². The van der Waals surface area contributed by atoms with E-state index in [0.29, 0.717) is 18.1 Å². The molecular weight excluding hydrogens is 266 g/mol. The molecule has 2 rings (SSSR count). The van der Waals surface area contributed by atoms with Crippen molar-refractivity contribution in [1.29, 1.82) is 0 Å². The minimum atomic E-state index is -0.938. The van der Waals surface area contributed by atoms with Gasteiger partial charge in [0.1, 0.15) is 5.82 Å². The largest absolute Gasteiger partial charge is 0.478 e. The highest BCUT2D eigenvalue weighted by Gasteiger charge is 2.12. The second kappa shape index (κ2) is 6.35. The zero-order valence-electron chi connectivity index (χ0n) is 12.5. The molecule has 110 valence electrons. The molecule has 2 aromatic heterocycles. The molecule has 0 unspecified atom stereocenters. The fourth-order valence-corrected chi connectivity index (χ4v) is 2.17. The lowest BCUT2D eigenvalue weighted by molar-refractivity contribution is 0.0696. The predicted molar refractivity (Wildman–Crippen MR) is 81.6 cm³/mol. The van der Waals surface area contributed by atoms with Gasteiger partial charge in [-0.05, 0) is 45.0 Å². The molecule has 0 aliphatic heterocycles. The lowest BCUT2D eigenvalue weighted by Crippen LogP contribution is -2.24. The molecule has 0 aliphatic carbocycles. The van der Waals surface area contributed by atoms with Gasteiger partial charge in [0, 0.05) is 17.9 Å². The van der Waals surface area contributed by atoms with Crippen LogP contribution in [0, 0.1) is 13.8 Å². The van der Waals surface area contributed by atoms with Crippen LogP contribution in [0.2, 0.25) is 0 Å². The topological polar surface area (TPSA) is 66.3 Å². The van der Waals surface area contributed by atoms with Gasteiger partial charge < -0.3 is 10.0 Å². The Bertz CT molecular complexity index is 656. The smallest absolute Gasteiger partial charge is 0.335 e. The SMILES string of the molecule is CCN(Cc1cccc(C)n1)c1cc(C(=O)O)cc(C)n1. The number of aryl methyl sites for hydroxylation is 2. The highest BCUT2D eigenvalue weighted by atomic mass is 16.4. The Labute approximate surface area is 124 Å². The summed E-state index contributed by atoms with van der Waals surface area (Å²) in [7, 11) is 0. The number of carboxylic acids is 1. The van der Waals surface area contributed by atoms with Crippen molar-refractivity contribution >= 4 is 11.8 Å². The highest BCUT2D eigenvalue weighted by molar-refractivity contribution is 5.88. The lowest BCUT2D eigenvalue weighted by atomic mass is 10.2. The maximum Gasteiger partial charge on any atom is 0.335 e. The van der Waals surface area contributed by atoms with Crippen molar-refractivity contribution in [2.75, 3.05) is 11.4 Å². The fourth-order valence-electron chi connectivity index (χ4n) is 2.17. The summed E-state index contributed by atoms with van der Waals surface area (Å²) < 4.78 is 0. The number of aromatic carboxylic acids is 1. The van der Waals surface area contributed by atoms with Crippen LogP contribution in [0.25, 0.3) is 0 Å². The zero-order chi connectivity index (χ0) is 15.4. The van der Waals surface area contributed by atoms with Gasteiger partial charge in [0.05, 0.1) is 17.8 Å². The Morgan fingerprint density at radius 2 is 1.95 bits per heavy atom. The Morgan fingerprint density at radius 1 is 1.19 bits per heavy atom. The first-order valence-corrected chi connectivity index (χ1v) is 6.89. The van der Waals surface area contributed by atoms with Gasteiger partial charge >= 0.3 is 5.97 Å². The van der Waals surface area contributed by atoms with E-state index in [4.69, 9.17) is 5.11 Å². The van der Waals surface area contributed by atoms with Crippen LogP contribution >= 0.6 is 0 Å². The number of hydrogen-bond donors (Lipinski definition) is 1. The number of carboxylic acid groups (broad SMARTS) is 1. The van der Waals surface area contributed by atoms with Crippen LogP contribution in [-0.2, 0) is 6.54 Å². The van der Waals surface area contributed by atoms with Gasteiger partial charge in [-0.2, -0.15) is 0 Å². The van der Waals surface area contributed by atoms with E-state index >= 15 is 0 Å². The van der Waals surface area contributed by atoms with Gasteiger partial charge in [-0.1, -0.05) is 6.07 Å². The normalized spacial score (nSPS) is 10.4. The van der Waals surface area contributed by atoms with Crippen molar-refractivity contribution in [3.8, 4) is 0 Å².